The molecule has 9 heteroatoms. The fourth-order valence-corrected chi connectivity index (χ4v) is 5.62. The van der Waals surface area contributed by atoms with Crippen LogP contribution >= 0.6 is 0 Å². The van der Waals surface area contributed by atoms with Crippen molar-refractivity contribution in [2.45, 2.75) is 88.7 Å². The molecule has 2 aliphatic rings. The van der Waals surface area contributed by atoms with E-state index in [1.54, 1.807) is 20.8 Å². The van der Waals surface area contributed by atoms with Crippen LogP contribution in [0.1, 0.15) is 69.9 Å². The highest BCUT2D eigenvalue weighted by Gasteiger charge is 2.59. The topological polar surface area (TPSA) is 111 Å². The maximum Gasteiger partial charge on any atom is 0.410 e. The van der Waals surface area contributed by atoms with Gasteiger partial charge in [-0.05, 0) is 69.6 Å². The zero-order chi connectivity index (χ0) is 28.0. The molecular weight excluding hydrogens is 500 g/mol. The second-order valence-corrected chi connectivity index (χ2v) is 11.6. The molecule has 2 unspecified atom stereocenters. The first kappa shape index (κ1) is 28.8. The Hall–Kier alpha value is -3.17. The van der Waals surface area contributed by atoms with Gasteiger partial charge in [0.2, 0.25) is 0 Å². The minimum absolute atomic E-state index is 0.0209. The Morgan fingerprint density at radius 1 is 1.08 bits per heavy atom. The first-order chi connectivity index (χ1) is 18.6. The molecule has 2 aromatic carbocycles. The second-order valence-electron chi connectivity index (χ2n) is 11.6. The molecule has 4 rings (SSSR count). The number of likely N-dealkylation sites (tertiary alicyclic amines) is 1. The number of ether oxygens (including phenoxy) is 3. The van der Waals surface area contributed by atoms with Crippen molar-refractivity contribution in [3.8, 4) is 5.75 Å². The Bertz CT molecular complexity index is 1110. The first-order valence-electron chi connectivity index (χ1n) is 13.7. The molecule has 2 atom stereocenters. The minimum Gasteiger partial charge on any atom is -0.489 e. The molecule has 39 heavy (non-hydrogen) atoms. The van der Waals surface area contributed by atoms with E-state index in [1.165, 1.54) is 10.5 Å². The number of carbonyl (C=O) groups excluding carboxylic acids is 1. The second kappa shape index (κ2) is 12.3. The molecule has 1 aliphatic carbocycles. The van der Waals surface area contributed by atoms with E-state index < -0.39 is 34.8 Å². The van der Waals surface area contributed by atoms with E-state index in [0.717, 1.165) is 37.0 Å². The van der Waals surface area contributed by atoms with Crippen LogP contribution in [0.4, 0.5) is 4.79 Å². The van der Waals surface area contributed by atoms with Crippen LogP contribution in [-0.2, 0) is 16.1 Å². The molecule has 9 nitrogen and oxygen atoms in total. The van der Waals surface area contributed by atoms with Crippen molar-refractivity contribution >= 4 is 6.09 Å². The minimum atomic E-state index is -1.66. The number of benzene rings is 2. The van der Waals surface area contributed by atoms with Gasteiger partial charge in [0, 0.05) is 17.9 Å². The summed E-state index contributed by atoms with van der Waals surface area (Å²) in [7, 11) is 0. The molecule has 1 saturated carbocycles. The van der Waals surface area contributed by atoms with Crippen molar-refractivity contribution in [3.05, 3.63) is 75.8 Å². The van der Waals surface area contributed by atoms with Gasteiger partial charge in [-0.1, -0.05) is 48.5 Å². The van der Waals surface area contributed by atoms with Crippen molar-refractivity contribution < 1.29 is 29.0 Å². The van der Waals surface area contributed by atoms with E-state index in [-0.39, 0.29) is 25.7 Å². The average molecular weight is 541 g/mol. The van der Waals surface area contributed by atoms with Crippen molar-refractivity contribution in [3.63, 3.8) is 0 Å². The van der Waals surface area contributed by atoms with Gasteiger partial charge in [-0.15, -0.1) is 0 Å². The van der Waals surface area contributed by atoms with Gasteiger partial charge in [0.25, 0.3) is 5.54 Å². The van der Waals surface area contributed by atoms with Crippen LogP contribution in [0, 0.1) is 10.1 Å². The van der Waals surface area contributed by atoms with Gasteiger partial charge in [0.05, 0.1) is 12.7 Å². The third-order valence-corrected chi connectivity index (χ3v) is 7.81. The lowest BCUT2D eigenvalue weighted by Crippen LogP contribution is -2.57. The summed E-state index contributed by atoms with van der Waals surface area (Å²) in [6, 6.07) is 17.3. The zero-order valence-corrected chi connectivity index (χ0v) is 23.1. The van der Waals surface area contributed by atoms with E-state index in [1.807, 2.05) is 48.5 Å². The van der Waals surface area contributed by atoms with E-state index in [2.05, 4.69) is 6.07 Å². The van der Waals surface area contributed by atoms with E-state index in [9.17, 15) is 20.0 Å². The molecule has 1 heterocycles. The van der Waals surface area contributed by atoms with Crippen molar-refractivity contribution in [2.24, 2.45) is 0 Å². The number of aliphatic hydroxyl groups is 1. The van der Waals surface area contributed by atoms with Gasteiger partial charge in [0.1, 0.15) is 30.6 Å². The lowest BCUT2D eigenvalue weighted by Gasteiger charge is -2.34. The SMILES string of the molecule is CC(C)(C)OC(=O)N1CCC(CO)([N+](=O)[O-])C1COC1CCC(c2ccccc2OCc2ccccc2)CC1. The molecule has 1 aliphatic heterocycles. The highest BCUT2D eigenvalue weighted by molar-refractivity contribution is 5.69. The smallest absolute Gasteiger partial charge is 0.410 e. The van der Waals surface area contributed by atoms with Crippen molar-refractivity contribution in [1.82, 2.24) is 4.90 Å². The number of aliphatic hydroxyl groups excluding tert-OH is 1. The number of hydrogen-bond acceptors (Lipinski definition) is 7. The number of nitro groups is 1. The third-order valence-electron chi connectivity index (χ3n) is 7.81. The van der Waals surface area contributed by atoms with Crippen LogP contribution in [0.5, 0.6) is 5.75 Å². The standard InChI is InChI=1S/C30H40N2O7/c1-29(2,3)39-28(34)31-18-17-30(21-33,32(35)36)27(31)20-37-24-15-13-23(14-16-24)25-11-7-8-12-26(25)38-19-22-9-5-4-6-10-22/h4-12,23-24,27,33H,13-21H2,1-3H3. The van der Waals surface area contributed by atoms with Crippen LogP contribution in [0.25, 0.3) is 0 Å². The summed E-state index contributed by atoms with van der Waals surface area (Å²) in [6.07, 6.45) is 2.74. The van der Waals surface area contributed by atoms with Crippen LogP contribution in [0.3, 0.4) is 0 Å². The molecule has 0 spiro atoms. The number of amides is 1. The molecule has 1 saturated heterocycles. The third kappa shape index (κ3) is 6.89. The Labute approximate surface area is 230 Å². The maximum absolute atomic E-state index is 12.9. The number of nitrogens with zero attached hydrogens (tertiary/aromatic N) is 2. The van der Waals surface area contributed by atoms with Crippen molar-refractivity contribution in [1.29, 1.82) is 0 Å². The number of carbonyl (C=O) groups is 1. The van der Waals surface area contributed by atoms with Gasteiger partial charge in [0.15, 0.2) is 0 Å². The summed E-state index contributed by atoms with van der Waals surface area (Å²) in [5.74, 6) is 1.22. The monoisotopic (exact) mass is 540 g/mol. The number of para-hydroxylation sites is 1. The molecule has 0 radical (unpaired) electrons. The summed E-state index contributed by atoms with van der Waals surface area (Å²) >= 11 is 0. The van der Waals surface area contributed by atoms with E-state index in [4.69, 9.17) is 14.2 Å². The maximum atomic E-state index is 12.9. The average Bonchev–Trinajstić information content (AvgIpc) is 3.31. The van der Waals surface area contributed by atoms with Gasteiger partial charge in [-0.3, -0.25) is 15.0 Å². The Morgan fingerprint density at radius 2 is 1.74 bits per heavy atom. The summed E-state index contributed by atoms with van der Waals surface area (Å²) in [4.78, 5) is 25.8. The summed E-state index contributed by atoms with van der Waals surface area (Å²) in [5.41, 5.74) is -0.0960. The van der Waals surface area contributed by atoms with Crippen LogP contribution in [-0.4, -0.2) is 64.1 Å². The predicted molar refractivity (Wildman–Crippen MR) is 146 cm³/mol. The van der Waals surface area contributed by atoms with E-state index in [0.29, 0.717) is 12.5 Å². The van der Waals surface area contributed by atoms with Crippen LogP contribution in [0.2, 0.25) is 0 Å². The Balaban J connectivity index is 1.37. The Morgan fingerprint density at radius 3 is 2.38 bits per heavy atom. The summed E-state index contributed by atoms with van der Waals surface area (Å²) in [5, 5.41) is 22.1. The highest BCUT2D eigenvalue weighted by atomic mass is 16.6. The molecule has 1 N–H and O–H groups in total. The molecule has 2 fully saturated rings. The largest absolute Gasteiger partial charge is 0.489 e. The lowest BCUT2D eigenvalue weighted by atomic mass is 9.82. The van der Waals surface area contributed by atoms with E-state index >= 15 is 0 Å². The summed E-state index contributed by atoms with van der Waals surface area (Å²) < 4.78 is 17.9. The molecule has 0 bridgehead atoms. The molecule has 1 amide bonds. The van der Waals surface area contributed by atoms with Crippen molar-refractivity contribution in [2.75, 3.05) is 19.8 Å². The number of hydrogen-bond donors (Lipinski definition) is 1. The Kier molecular flexibility index (Phi) is 9.12. The highest BCUT2D eigenvalue weighted by Crippen LogP contribution is 2.39. The number of rotatable bonds is 9. The molecular formula is C30H40N2O7. The fourth-order valence-electron chi connectivity index (χ4n) is 5.62. The zero-order valence-electron chi connectivity index (χ0n) is 23.1. The van der Waals surface area contributed by atoms with Crippen LogP contribution in [0.15, 0.2) is 54.6 Å². The van der Waals surface area contributed by atoms with Gasteiger partial charge in [-0.25, -0.2) is 4.79 Å². The fraction of sp³-hybridized carbons (Fsp3) is 0.567. The first-order valence-corrected chi connectivity index (χ1v) is 13.7. The molecule has 2 aromatic rings. The van der Waals surface area contributed by atoms with Crippen LogP contribution < -0.4 is 4.74 Å². The summed E-state index contributed by atoms with van der Waals surface area (Å²) in [6.45, 7) is 5.21. The lowest BCUT2D eigenvalue weighted by molar-refractivity contribution is -0.576. The molecule has 212 valence electrons. The van der Waals surface area contributed by atoms with Gasteiger partial charge >= 0.3 is 6.09 Å². The normalized spacial score (nSPS) is 25.3. The predicted octanol–water partition coefficient (Wildman–Crippen LogP) is 5.33. The quantitative estimate of drug-likeness (QED) is 0.338. The molecule has 0 aromatic heterocycles. The van der Waals surface area contributed by atoms with Gasteiger partial charge < -0.3 is 19.3 Å². The van der Waals surface area contributed by atoms with Gasteiger partial charge in [-0.2, -0.15) is 0 Å².